The summed E-state index contributed by atoms with van der Waals surface area (Å²) in [7, 11) is 0. The molecular weight excluding hydrogens is 158 g/mol. The van der Waals surface area contributed by atoms with E-state index in [-0.39, 0.29) is 0 Å². The monoisotopic (exact) mass is 177 g/mol. The Kier molecular flexibility index (Phi) is 3.47. The van der Waals surface area contributed by atoms with Gasteiger partial charge in [0.2, 0.25) is 0 Å². The van der Waals surface area contributed by atoms with Crippen molar-refractivity contribution < 1.29 is 0 Å². The van der Waals surface area contributed by atoms with E-state index in [1.165, 1.54) is 17.0 Å². The first kappa shape index (κ1) is 10.2. The molecule has 0 saturated heterocycles. The molecule has 0 aliphatic carbocycles. The van der Waals surface area contributed by atoms with E-state index < -0.39 is 0 Å². The van der Waals surface area contributed by atoms with E-state index in [9.17, 15) is 0 Å². The van der Waals surface area contributed by atoms with Gasteiger partial charge in [-0.25, -0.2) is 0 Å². The number of hydrogen-bond donors (Lipinski definition) is 0. The summed E-state index contributed by atoms with van der Waals surface area (Å²) in [4.78, 5) is 4.63. The minimum atomic E-state index is 0.591. The largest absolute Gasteiger partial charge is 0.258 e. The number of aromatic nitrogens is 1. The van der Waals surface area contributed by atoms with Crippen molar-refractivity contribution in [3.8, 4) is 0 Å². The summed E-state index contributed by atoms with van der Waals surface area (Å²) in [5, 5.41) is 0. The summed E-state index contributed by atoms with van der Waals surface area (Å²) in [6, 6.07) is 4.38. The fraction of sp³-hybridized carbons (Fsp3) is 0.583. The van der Waals surface area contributed by atoms with Crippen molar-refractivity contribution in [3.63, 3.8) is 0 Å². The fourth-order valence-corrected chi connectivity index (χ4v) is 1.56. The van der Waals surface area contributed by atoms with Gasteiger partial charge < -0.3 is 0 Å². The van der Waals surface area contributed by atoms with Gasteiger partial charge in [-0.1, -0.05) is 33.8 Å². The fourth-order valence-electron chi connectivity index (χ4n) is 1.56. The van der Waals surface area contributed by atoms with Crippen molar-refractivity contribution in [3.05, 3.63) is 29.1 Å². The van der Waals surface area contributed by atoms with Crippen molar-refractivity contribution in [1.82, 2.24) is 4.98 Å². The van der Waals surface area contributed by atoms with Gasteiger partial charge in [0.05, 0.1) is 0 Å². The molecule has 0 atom stereocenters. The molecule has 1 heterocycles. The maximum Gasteiger partial charge on any atom is 0.0438 e. The summed E-state index contributed by atoms with van der Waals surface area (Å²) in [5.74, 6) is 0.591. The van der Waals surface area contributed by atoms with Crippen LogP contribution in [0.3, 0.4) is 0 Å². The van der Waals surface area contributed by atoms with Gasteiger partial charge in [-0.15, -0.1) is 0 Å². The predicted molar refractivity (Wildman–Crippen MR) is 57.1 cm³/mol. The average Bonchev–Trinajstić information content (AvgIpc) is 2.16. The van der Waals surface area contributed by atoms with Crippen LogP contribution in [0.2, 0.25) is 0 Å². The van der Waals surface area contributed by atoms with Crippen molar-refractivity contribution >= 4 is 0 Å². The molecule has 0 saturated carbocycles. The lowest BCUT2D eigenvalue weighted by atomic mass is 9.99. The van der Waals surface area contributed by atoms with E-state index in [0.29, 0.717) is 5.92 Å². The van der Waals surface area contributed by atoms with E-state index in [1.807, 2.05) is 0 Å². The van der Waals surface area contributed by atoms with Gasteiger partial charge in [0.15, 0.2) is 0 Å². The number of aryl methyl sites for hydroxylation is 2. The number of nitrogens with zero attached hydrogens (tertiary/aromatic N) is 1. The van der Waals surface area contributed by atoms with Crippen molar-refractivity contribution in [2.24, 2.45) is 0 Å². The second kappa shape index (κ2) is 4.40. The Bertz CT molecular complexity index is 276. The summed E-state index contributed by atoms with van der Waals surface area (Å²) in [6.07, 6.45) is 2.08. The van der Waals surface area contributed by atoms with Crippen LogP contribution in [-0.4, -0.2) is 4.98 Å². The topological polar surface area (TPSA) is 12.9 Å². The highest BCUT2D eigenvalue weighted by atomic mass is 14.7. The van der Waals surface area contributed by atoms with Gasteiger partial charge in [0.25, 0.3) is 0 Å². The first-order valence-electron chi connectivity index (χ1n) is 5.17. The highest BCUT2D eigenvalue weighted by molar-refractivity contribution is 5.26. The van der Waals surface area contributed by atoms with Crippen LogP contribution in [0.5, 0.6) is 0 Å². The zero-order valence-electron chi connectivity index (χ0n) is 9.09. The molecule has 1 heteroatoms. The van der Waals surface area contributed by atoms with Gasteiger partial charge in [-0.2, -0.15) is 0 Å². The molecule has 0 aliphatic heterocycles. The predicted octanol–water partition coefficient (Wildman–Crippen LogP) is 3.33. The minimum absolute atomic E-state index is 0.591. The molecule has 0 amide bonds. The van der Waals surface area contributed by atoms with Gasteiger partial charge in [0, 0.05) is 11.4 Å². The normalized spacial score (nSPS) is 10.8. The third-order valence-electron chi connectivity index (χ3n) is 2.39. The zero-order chi connectivity index (χ0) is 9.84. The molecule has 1 rings (SSSR count). The van der Waals surface area contributed by atoms with Crippen molar-refractivity contribution in [2.75, 3.05) is 0 Å². The maximum absolute atomic E-state index is 4.63. The summed E-state index contributed by atoms with van der Waals surface area (Å²) >= 11 is 0. The highest BCUT2D eigenvalue weighted by Crippen LogP contribution is 2.18. The van der Waals surface area contributed by atoms with Crippen LogP contribution in [0.25, 0.3) is 0 Å². The highest BCUT2D eigenvalue weighted by Gasteiger charge is 2.06. The molecule has 13 heavy (non-hydrogen) atoms. The molecule has 0 aliphatic rings. The van der Waals surface area contributed by atoms with Crippen LogP contribution in [-0.2, 0) is 12.8 Å². The first-order chi connectivity index (χ1) is 6.19. The Hall–Kier alpha value is -0.850. The second-order valence-electron chi connectivity index (χ2n) is 3.70. The lowest BCUT2D eigenvalue weighted by molar-refractivity contribution is 0.813. The van der Waals surface area contributed by atoms with Crippen LogP contribution in [0.4, 0.5) is 0 Å². The molecule has 0 spiro atoms. The number of rotatable bonds is 3. The molecule has 0 bridgehead atoms. The zero-order valence-corrected chi connectivity index (χ0v) is 9.09. The Morgan fingerprint density at radius 1 is 1.15 bits per heavy atom. The van der Waals surface area contributed by atoms with Gasteiger partial charge in [0.1, 0.15) is 0 Å². The Labute approximate surface area is 81.2 Å². The second-order valence-corrected chi connectivity index (χ2v) is 3.70. The lowest BCUT2D eigenvalue weighted by Gasteiger charge is -2.11. The molecule has 1 aromatic heterocycles. The summed E-state index contributed by atoms with van der Waals surface area (Å²) in [6.45, 7) is 8.77. The van der Waals surface area contributed by atoms with Crippen LogP contribution >= 0.6 is 0 Å². The SMILES string of the molecule is CCc1ccc(C(C)C)c(CC)n1. The minimum Gasteiger partial charge on any atom is -0.258 e. The van der Waals surface area contributed by atoms with Crippen molar-refractivity contribution in [2.45, 2.75) is 46.5 Å². The molecule has 0 radical (unpaired) electrons. The first-order valence-corrected chi connectivity index (χ1v) is 5.17. The molecule has 0 N–H and O–H groups in total. The van der Waals surface area contributed by atoms with E-state index in [1.54, 1.807) is 0 Å². The maximum atomic E-state index is 4.63. The Morgan fingerprint density at radius 3 is 2.31 bits per heavy atom. The third kappa shape index (κ3) is 2.30. The van der Waals surface area contributed by atoms with E-state index >= 15 is 0 Å². The summed E-state index contributed by atoms with van der Waals surface area (Å²) < 4.78 is 0. The van der Waals surface area contributed by atoms with Crippen LogP contribution in [0.1, 0.15) is 50.6 Å². The van der Waals surface area contributed by atoms with Gasteiger partial charge in [-0.3, -0.25) is 4.98 Å². The lowest BCUT2D eigenvalue weighted by Crippen LogP contribution is -2.01. The van der Waals surface area contributed by atoms with Crippen molar-refractivity contribution in [1.29, 1.82) is 0 Å². The molecule has 72 valence electrons. The van der Waals surface area contributed by atoms with E-state index in [4.69, 9.17) is 0 Å². The number of pyridine rings is 1. The van der Waals surface area contributed by atoms with Crippen LogP contribution in [0, 0.1) is 0 Å². The van der Waals surface area contributed by atoms with Gasteiger partial charge >= 0.3 is 0 Å². The smallest absolute Gasteiger partial charge is 0.0438 e. The molecule has 0 unspecified atom stereocenters. The third-order valence-corrected chi connectivity index (χ3v) is 2.39. The van der Waals surface area contributed by atoms with Crippen LogP contribution < -0.4 is 0 Å². The van der Waals surface area contributed by atoms with E-state index in [2.05, 4.69) is 44.8 Å². The van der Waals surface area contributed by atoms with E-state index in [0.717, 1.165) is 12.8 Å². The molecular formula is C12H19N. The quantitative estimate of drug-likeness (QED) is 0.690. The molecule has 0 aromatic carbocycles. The Morgan fingerprint density at radius 2 is 1.85 bits per heavy atom. The number of hydrogen-bond acceptors (Lipinski definition) is 1. The Balaban J connectivity index is 3.08. The van der Waals surface area contributed by atoms with Crippen LogP contribution in [0.15, 0.2) is 12.1 Å². The molecule has 0 fully saturated rings. The standard InChI is InChI=1S/C12H19N/c1-5-10-7-8-11(9(3)4)12(6-2)13-10/h7-9H,5-6H2,1-4H3. The van der Waals surface area contributed by atoms with Gasteiger partial charge in [-0.05, 0) is 30.4 Å². The molecule has 1 aromatic rings. The average molecular weight is 177 g/mol. The molecule has 1 nitrogen and oxygen atoms in total. The summed E-state index contributed by atoms with van der Waals surface area (Å²) in [5.41, 5.74) is 3.88.